The molecule has 0 amide bonds. The van der Waals surface area contributed by atoms with E-state index in [2.05, 4.69) is 277 Å². The molecule has 0 unspecified atom stereocenters. The summed E-state index contributed by atoms with van der Waals surface area (Å²) in [6, 6.07) is 60.8. The van der Waals surface area contributed by atoms with Crippen LogP contribution in [0.1, 0.15) is 155 Å². The van der Waals surface area contributed by atoms with Crippen LogP contribution in [0.2, 0.25) is 0 Å². The third-order valence-corrected chi connectivity index (χ3v) is 15.2. The van der Waals surface area contributed by atoms with Crippen molar-refractivity contribution in [3.05, 3.63) is 217 Å². The quantitative estimate of drug-likeness (QED) is 0.128. The monoisotopic (exact) mass is 1180 g/mol. The minimum absolute atomic E-state index is 0. The van der Waals surface area contributed by atoms with E-state index in [-0.39, 0.29) is 62.0 Å². The predicted octanol–water partition coefficient (Wildman–Crippen LogP) is 19.6. The maximum atomic E-state index is 7.15. The van der Waals surface area contributed by atoms with E-state index in [4.69, 9.17) is 9.72 Å². The maximum absolute atomic E-state index is 7.15. The van der Waals surface area contributed by atoms with Gasteiger partial charge >= 0.3 is 21.1 Å². The first kappa shape index (κ1) is 55.8. The van der Waals surface area contributed by atoms with Crippen molar-refractivity contribution in [2.75, 3.05) is 9.80 Å². The van der Waals surface area contributed by atoms with Crippen molar-refractivity contribution in [1.29, 1.82) is 0 Å². The Labute approximate surface area is 469 Å². The molecule has 1 aliphatic heterocycles. The first-order valence-electron chi connectivity index (χ1n) is 26.6. The summed E-state index contributed by atoms with van der Waals surface area (Å²) in [4.78, 5) is 9.68. The zero-order valence-electron chi connectivity index (χ0n) is 47.7. The van der Waals surface area contributed by atoms with Crippen LogP contribution in [0.15, 0.2) is 152 Å². The van der Waals surface area contributed by atoms with Crippen LogP contribution in [0.5, 0.6) is 11.5 Å². The first-order valence-corrected chi connectivity index (χ1v) is 26.6. The van der Waals surface area contributed by atoms with Gasteiger partial charge in [0.1, 0.15) is 5.82 Å². The Hall–Kier alpha value is -6.42. The number of ether oxygens (including phenoxy) is 1. The van der Waals surface area contributed by atoms with Crippen molar-refractivity contribution >= 4 is 44.6 Å². The van der Waals surface area contributed by atoms with Crippen LogP contribution in [0.4, 0.5) is 22.7 Å². The third kappa shape index (κ3) is 10.4. The Morgan fingerprint density at radius 3 is 1.76 bits per heavy atom. The Kier molecular flexibility index (Phi) is 15.3. The van der Waals surface area contributed by atoms with E-state index in [1.54, 1.807) is 0 Å². The number of hydrogen-bond acceptors (Lipinski definition) is 4. The van der Waals surface area contributed by atoms with E-state index < -0.39 is 0 Å². The molecule has 0 saturated heterocycles. The zero-order chi connectivity index (χ0) is 52.6. The zero-order valence-corrected chi connectivity index (χ0v) is 50.0. The van der Waals surface area contributed by atoms with Crippen molar-refractivity contribution in [1.82, 2.24) is 9.55 Å². The molecule has 2 aromatic heterocycles. The molecule has 0 saturated carbocycles. The van der Waals surface area contributed by atoms with Crippen molar-refractivity contribution in [3.63, 3.8) is 0 Å². The van der Waals surface area contributed by atoms with Gasteiger partial charge in [0.05, 0.1) is 0 Å². The van der Waals surface area contributed by atoms with Crippen molar-refractivity contribution in [2.24, 2.45) is 0 Å². The van der Waals surface area contributed by atoms with Gasteiger partial charge in [-0.1, -0.05) is 188 Å². The normalized spacial score (nSPS) is 13.1. The number of aromatic nitrogens is 2. The standard InChI is InChI=1S/C69H73N4O.CH3.Pt/c1-44(2)54-28-22-29-55(45(3)4)65(54)46-35-51(39-53(36-46)74-52-31-32-57-56-27-19-20-30-60(56)73(61(57)40-52)64-38-48(33-34-70-64)66(5,6)7)72-43-71(62-41-58(67(8,9)10)59(42-63(62)72)68(11,12)13)50-26-21-25-49(37-50)69(14,15)47-23-17-16-18-24-47;;/h16-38,41-45H,1-15H3;1H3;/q-3;-1;+4. The first-order chi connectivity index (χ1) is 35.0. The molecule has 9 aromatic rings. The Bertz CT molecular complexity index is 3540. The van der Waals surface area contributed by atoms with Gasteiger partial charge in [-0.3, -0.25) is 0 Å². The topological polar surface area (TPSA) is 33.5 Å². The van der Waals surface area contributed by atoms with Gasteiger partial charge < -0.3 is 26.5 Å². The van der Waals surface area contributed by atoms with Crippen molar-refractivity contribution < 1.29 is 25.8 Å². The van der Waals surface area contributed by atoms with Crippen LogP contribution in [0.3, 0.4) is 0 Å². The maximum Gasteiger partial charge on any atom is 4.00 e. The van der Waals surface area contributed by atoms with E-state index in [0.717, 1.165) is 55.9 Å². The molecule has 392 valence electrons. The van der Waals surface area contributed by atoms with Gasteiger partial charge in [0.15, 0.2) is 0 Å². The molecule has 0 radical (unpaired) electrons. The molecule has 6 heteroatoms. The van der Waals surface area contributed by atoms with E-state index in [9.17, 15) is 0 Å². The number of nitrogens with zero attached hydrogens (tertiary/aromatic N) is 4. The second-order valence-corrected chi connectivity index (χ2v) is 24.7. The largest absolute Gasteiger partial charge is 4.00 e. The molecule has 0 N–H and O–H groups in total. The fourth-order valence-corrected chi connectivity index (χ4v) is 10.9. The number of rotatable bonds is 10. The van der Waals surface area contributed by atoms with Gasteiger partial charge in [0.2, 0.25) is 0 Å². The SMILES string of the molecule is CC(C)c1cccc(C(C)C)c1-c1cc(Oc2[c-]c3c(cc2)c2ccccc2n3-c2cc(C(C)(C)C)ccn2)[c-]c(N2[CH-]N(c3cccc(C(C)(C)c4ccccc4)c3)c3cc(C(C)(C)C)c(C(C)(C)C)cc32)c1.[CH3-].[Pt+4]. The molecule has 0 aliphatic carbocycles. The van der Waals surface area contributed by atoms with Crippen LogP contribution < -0.4 is 14.5 Å². The molecule has 10 rings (SSSR count). The summed E-state index contributed by atoms with van der Waals surface area (Å²) in [5.74, 6) is 2.64. The van der Waals surface area contributed by atoms with Gasteiger partial charge in [-0.05, 0) is 120 Å². The molecule has 76 heavy (non-hydrogen) atoms. The molecular formula is C70H76N4OPt. The van der Waals surface area contributed by atoms with Crippen molar-refractivity contribution in [2.45, 2.75) is 137 Å². The Morgan fingerprint density at radius 2 is 1.13 bits per heavy atom. The predicted molar refractivity (Wildman–Crippen MR) is 319 cm³/mol. The van der Waals surface area contributed by atoms with E-state index >= 15 is 0 Å². The molecule has 0 bridgehead atoms. The second-order valence-electron chi connectivity index (χ2n) is 24.7. The summed E-state index contributed by atoms with van der Waals surface area (Å²) in [6.07, 6.45) is 1.92. The Balaban J connectivity index is 0.00000383. The number of para-hydroxylation sites is 1. The average molecular weight is 1180 g/mol. The van der Waals surface area contributed by atoms with Gasteiger partial charge in [-0.15, -0.1) is 53.6 Å². The summed E-state index contributed by atoms with van der Waals surface area (Å²) in [5.41, 5.74) is 17.0. The van der Waals surface area contributed by atoms with E-state index in [0.29, 0.717) is 11.5 Å². The minimum Gasteiger partial charge on any atom is -0.509 e. The Morgan fingerprint density at radius 1 is 0.526 bits per heavy atom. The second kappa shape index (κ2) is 20.8. The fourth-order valence-electron chi connectivity index (χ4n) is 10.9. The summed E-state index contributed by atoms with van der Waals surface area (Å²) in [5, 5.41) is 2.23. The van der Waals surface area contributed by atoms with Crippen LogP contribution in [0, 0.1) is 26.2 Å². The van der Waals surface area contributed by atoms with Gasteiger partial charge in [-0.2, -0.15) is 6.07 Å². The van der Waals surface area contributed by atoms with Gasteiger partial charge in [-0.25, -0.2) is 4.98 Å². The molecule has 1 aliphatic rings. The van der Waals surface area contributed by atoms with Crippen LogP contribution in [-0.2, 0) is 42.7 Å². The molecule has 3 heterocycles. The number of benzene rings is 7. The molecule has 5 nitrogen and oxygen atoms in total. The number of fused-ring (bicyclic) bond motifs is 4. The molecule has 0 fully saturated rings. The molecular weight excluding hydrogens is 1110 g/mol. The fraction of sp³-hybridized carbons (Fsp3) is 0.300. The molecule has 7 aromatic carbocycles. The van der Waals surface area contributed by atoms with Crippen LogP contribution >= 0.6 is 0 Å². The van der Waals surface area contributed by atoms with Crippen LogP contribution in [0.25, 0.3) is 38.8 Å². The summed E-state index contributed by atoms with van der Waals surface area (Å²) < 4.78 is 9.38. The summed E-state index contributed by atoms with van der Waals surface area (Å²) in [7, 11) is 0. The smallest absolute Gasteiger partial charge is 0.509 e. The number of anilines is 4. The van der Waals surface area contributed by atoms with Gasteiger partial charge in [0, 0.05) is 45.7 Å². The number of pyridine rings is 1. The van der Waals surface area contributed by atoms with E-state index in [1.807, 2.05) is 12.3 Å². The summed E-state index contributed by atoms with van der Waals surface area (Å²) >= 11 is 0. The number of hydrogen-bond donors (Lipinski definition) is 0. The molecule has 0 atom stereocenters. The van der Waals surface area contributed by atoms with E-state index in [1.165, 1.54) is 44.5 Å². The minimum atomic E-state index is -0.222. The van der Waals surface area contributed by atoms with Gasteiger partial charge in [0.25, 0.3) is 0 Å². The average Bonchev–Trinajstić information content (AvgIpc) is 3.91. The third-order valence-electron chi connectivity index (χ3n) is 15.2. The summed E-state index contributed by atoms with van der Waals surface area (Å²) in [6.45, 7) is 36.8. The van der Waals surface area contributed by atoms with Crippen LogP contribution in [-0.4, -0.2) is 9.55 Å². The molecule has 0 spiro atoms. The van der Waals surface area contributed by atoms with Crippen molar-refractivity contribution in [3.8, 4) is 28.4 Å².